The van der Waals surface area contributed by atoms with Crippen molar-refractivity contribution in [3.8, 4) is 16.9 Å². The van der Waals surface area contributed by atoms with E-state index in [9.17, 15) is 23.5 Å². The van der Waals surface area contributed by atoms with Crippen LogP contribution in [-0.4, -0.2) is 31.4 Å². The summed E-state index contributed by atoms with van der Waals surface area (Å²) in [5.74, 6) is -2.10. The molecule has 0 bridgehead atoms. The van der Waals surface area contributed by atoms with Gasteiger partial charge in [-0.3, -0.25) is 19.3 Å². The molecule has 5 rings (SSSR count). The summed E-state index contributed by atoms with van der Waals surface area (Å²) in [7, 11) is 0. The summed E-state index contributed by atoms with van der Waals surface area (Å²) in [5, 5.41) is 15.3. The molecule has 0 aliphatic rings. The maximum absolute atomic E-state index is 14.1. The van der Waals surface area contributed by atoms with Crippen molar-refractivity contribution in [3.05, 3.63) is 113 Å². The van der Waals surface area contributed by atoms with Crippen LogP contribution in [0.15, 0.2) is 79.0 Å². The summed E-state index contributed by atoms with van der Waals surface area (Å²) in [5.41, 5.74) is 4.36. The third-order valence-corrected chi connectivity index (χ3v) is 6.93. The van der Waals surface area contributed by atoms with Gasteiger partial charge in [0.05, 0.1) is 16.9 Å². The van der Waals surface area contributed by atoms with Gasteiger partial charge in [-0.25, -0.2) is 8.78 Å². The van der Waals surface area contributed by atoms with Crippen LogP contribution in [0.2, 0.25) is 0 Å². The van der Waals surface area contributed by atoms with Crippen molar-refractivity contribution >= 4 is 22.5 Å². The first-order valence-electron chi connectivity index (χ1n) is 12.9. The molecule has 1 N–H and O–H groups in total. The van der Waals surface area contributed by atoms with Gasteiger partial charge in [-0.15, -0.1) is 0 Å². The molecule has 0 saturated heterocycles. The Morgan fingerprint density at radius 3 is 2.50 bits per heavy atom. The van der Waals surface area contributed by atoms with E-state index in [1.165, 1.54) is 19.1 Å². The predicted molar refractivity (Wildman–Crippen MR) is 148 cm³/mol. The van der Waals surface area contributed by atoms with E-state index >= 15 is 0 Å². The first-order valence-corrected chi connectivity index (χ1v) is 12.9. The number of pyridine rings is 1. The molecule has 8 heteroatoms. The van der Waals surface area contributed by atoms with E-state index in [0.29, 0.717) is 22.3 Å². The lowest BCUT2D eigenvalue weighted by atomic mass is 9.86. The van der Waals surface area contributed by atoms with Gasteiger partial charge in [0.1, 0.15) is 23.9 Å². The molecule has 3 aromatic carbocycles. The Balaban J connectivity index is 1.53. The molecule has 0 unspecified atom stereocenters. The molecule has 0 radical (unpaired) electrons. The zero-order valence-corrected chi connectivity index (χ0v) is 22.1. The van der Waals surface area contributed by atoms with E-state index in [1.807, 2.05) is 19.1 Å². The van der Waals surface area contributed by atoms with Crippen LogP contribution in [0.3, 0.4) is 0 Å². The lowest BCUT2D eigenvalue weighted by Crippen LogP contribution is -2.17. The Bertz CT molecular complexity index is 1730. The smallest absolute Gasteiger partial charge is 0.159 e. The lowest BCUT2D eigenvalue weighted by Gasteiger charge is -2.20. The Hall–Kier alpha value is -4.72. The molecular formula is C32H27F2N3O3. The monoisotopic (exact) mass is 539 g/mol. The molecular weight excluding hydrogens is 512 g/mol. The van der Waals surface area contributed by atoms with Gasteiger partial charge in [0.2, 0.25) is 0 Å². The minimum Gasteiger partial charge on any atom is -0.508 e. The Labute approximate surface area is 229 Å². The lowest BCUT2D eigenvalue weighted by molar-refractivity contribution is -0.120. The summed E-state index contributed by atoms with van der Waals surface area (Å²) < 4.78 is 29.7. The molecule has 0 fully saturated rings. The molecule has 0 aliphatic carbocycles. The first kappa shape index (κ1) is 26.9. The van der Waals surface area contributed by atoms with Gasteiger partial charge in [-0.2, -0.15) is 5.10 Å². The zero-order chi connectivity index (χ0) is 28.4. The Morgan fingerprint density at radius 2 is 1.75 bits per heavy atom. The molecule has 0 spiro atoms. The minimum atomic E-state index is -0.700. The number of halogens is 2. The van der Waals surface area contributed by atoms with E-state index in [2.05, 4.69) is 10.1 Å². The van der Waals surface area contributed by atoms with Gasteiger partial charge in [0, 0.05) is 47.2 Å². The van der Waals surface area contributed by atoms with Crippen molar-refractivity contribution in [2.45, 2.75) is 39.2 Å². The number of carbonyl (C=O) groups excluding carboxylic acids is 2. The second-order valence-electron chi connectivity index (χ2n) is 9.94. The number of fused-ring (bicyclic) bond motifs is 1. The molecule has 202 valence electrons. The van der Waals surface area contributed by atoms with E-state index in [1.54, 1.807) is 53.3 Å². The molecule has 40 heavy (non-hydrogen) atoms. The number of phenolic OH excluding ortho intramolecular Hbond substituents is 1. The minimum absolute atomic E-state index is 0.0216. The van der Waals surface area contributed by atoms with Crippen LogP contribution in [0.5, 0.6) is 5.75 Å². The third-order valence-electron chi connectivity index (χ3n) is 6.93. The van der Waals surface area contributed by atoms with Gasteiger partial charge >= 0.3 is 0 Å². The van der Waals surface area contributed by atoms with Crippen LogP contribution in [0.25, 0.3) is 22.0 Å². The predicted octanol–water partition coefficient (Wildman–Crippen LogP) is 6.58. The maximum atomic E-state index is 14.1. The summed E-state index contributed by atoms with van der Waals surface area (Å²) in [4.78, 5) is 30.2. The van der Waals surface area contributed by atoms with Gasteiger partial charge in [-0.05, 0) is 67.8 Å². The number of ketones is 2. The summed E-state index contributed by atoms with van der Waals surface area (Å²) in [6.45, 7) is 3.27. The molecule has 0 saturated carbocycles. The van der Waals surface area contributed by atoms with E-state index < -0.39 is 17.6 Å². The van der Waals surface area contributed by atoms with Gasteiger partial charge in [0.25, 0.3) is 0 Å². The maximum Gasteiger partial charge on any atom is 0.159 e. The van der Waals surface area contributed by atoms with Crippen molar-refractivity contribution in [2.24, 2.45) is 0 Å². The quantitative estimate of drug-likeness (QED) is 0.214. The highest BCUT2D eigenvalue weighted by Crippen LogP contribution is 2.33. The second-order valence-corrected chi connectivity index (χ2v) is 9.94. The number of benzene rings is 3. The zero-order valence-electron chi connectivity index (χ0n) is 22.1. The SMILES string of the molecule is CC(=O)c1cccc(-c2cccnc2[C@@H](CC(=O)Cn2nc(C)c3ccc(O)cc32)Cc2cc(F)cc(F)c2)c1. The van der Waals surface area contributed by atoms with Crippen LogP contribution < -0.4 is 0 Å². The number of rotatable bonds is 9. The standard InChI is InChI=1S/C32H27F2N3O3/c1-19-29-9-8-27(39)17-31(29)37(36-19)18-28(40)15-24(11-21-12-25(33)16-26(34)13-21)32-30(7-4-10-35-32)23-6-3-5-22(14-23)20(2)38/h3-10,12-14,16-17,24,39H,11,15,18H2,1-2H3/t24-/m1/s1. The number of Topliss-reactive ketones (excluding diaryl/α,β-unsaturated/α-hetero) is 2. The fraction of sp³-hybridized carbons (Fsp3) is 0.188. The van der Waals surface area contributed by atoms with Crippen molar-refractivity contribution in [2.75, 3.05) is 0 Å². The first-order chi connectivity index (χ1) is 19.2. The van der Waals surface area contributed by atoms with Crippen LogP contribution in [-0.2, 0) is 17.8 Å². The van der Waals surface area contributed by atoms with E-state index in [-0.39, 0.29) is 36.7 Å². The van der Waals surface area contributed by atoms with E-state index in [4.69, 9.17) is 0 Å². The van der Waals surface area contributed by atoms with Gasteiger partial charge < -0.3 is 5.11 Å². The van der Waals surface area contributed by atoms with Crippen LogP contribution in [0, 0.1) is 18.6 Å². The number of phenols is 1. The van der Waals surface area contributed by atoms with Crippen LogP contribution in [0.4, 0.5) is 8.78 Å². The number of nitrogens with zero attached hydrogens (tertiary/aromatic N) is 3. The highest BCUT2D eigenvalue weighted by atomic mass is 19.1. The molecule has 2 aromatic heterocycles. The summed E-state index contributed by atoms with van der Waals surface area (Å²) in [6.07, 6.45) is 1.80. The van der Waals surface area contributed by atoms with Crippen molar-refractivity contribution in [1.29, 1.82) is 0 Å². The van der Waals surface area contributed by atoms with Gasteiger partial charge in [-0.1, -0.05) is 24.3 Å². The number of hydrogen-bond acceptors (Lipinski definition) is 5. The molecule has 6 nitrogen and oxygen atoms in total. The fourth-order valence-corrected chi connectivity index (χ4v) is 5.13. The number of hydrogen-bond donors (Lipinski definition) is 1. The molecule has 5 aromatic rings. The number of aromatic nitrogens is 3. The van der Waals surface area contributed by atoms with Crippen LogP contribution in [0.1, 0.15) is 46.6 Å². The second kappa shape index (κ2) is 11.2. The van der Waals surface area contributed by atoms with Gasteiger partial charge in [0.15, 0.2) is 11.6 Å². The Morgan fingerprint density at radius 1 is 0.975 bits per heavy atom. The normalized spacial score (nSPS) is 12.0. The van der Waals surface area contributed by atoms with Crippen LogP contribution >= 0.6 is 0 Å². The number of aromatic hydroxyl groups is 1. The molecule has 0 amide bonds. The largest absolute Gasteiger partial charge is 0.508 e. The highest BCUT2D eigenvalue weighted by molar-refractivity contribution is 5.95. The average molecular weight is 540 g/mol. The average Bonchev–Trinajstić information content (AvgIpc) is 3.21. The third kappa shape index (κ3) is 5.81. The van der Waals surface area contributed by atoms with E-state index in [0.717, 1.165) is 28.3 Å². The summed E-state index contributed by atoms with van der Waals surface area (Å²) in [6, 6.07) is 19.0. The fourth-order valence-electron chi connectivity index (χ4n) is 5.13. The van der Waals surface area contributed by atoms with Crippen molar-refractivity contribution in [1.82, 2.24) is 14.8 Å². The Kier molecular flexibility index (Phi) is 7.51. The summed E-state index contributed by atoms with van der Waals surface area (Å²) >= 11 is 0. The number of carbonyl (C=O) groups is 2. The highest BCUT2D eigenvalue weighted by Gasteiger charge is 2.23. The van der Waals surface area contributed by atoms with Crippen molar-refractivity contribution in [3.63, 3.8) is 0 Å². The molecule has 0 aliphatic heterocycles. The molecule has 1 atom stereocenters. The topological polar surface area (TPSA) is 85.1 Å². The molecule has 2 heterocycles. The van der Waals surface area contributed by atoms with Crippen molar-refractivity contribution < 1.29 is 23.5 Å². The number of aryl methyl sites for hydroxylation is 1.